The van der Waals surface area contributed by atoms with Gasteiger partial charge in [-0.3, -0.25) is 0 Å². The first-order valence-corrected chi connectivity index (χ1v) is 6.16. The molecule has 0 bridgehead atoms. The molecule has 0 N–H and O–H groups in total. The maximum Gasteiger partial charge on any atom is 0.225 e. The number of nitrogens with zero attached hydrogens (tertiary/aromatic N) is 3. The predicted octanol–water partition coefficient (Wildman–Crippen LogP) is 0.956. The van der Waals surface area contributed by atoms with Crippen molar-refractivity contribution >= 4 is 9.84 Å². The van der Waals surface area contributed by atoms with E-state index in [-0.39, 0.29) is 9.92 Å². The Balaban J connectivity index is 2.56. The van der Waals surface area contributed by atoms with Crippen LogP contribution in [0.25, 0.3) is 0 Å². The first-order chi connectivity index (χ1) is 7.51. The molecule has 16 heavy (non-hydrogen) atoms. The van der Waals surface area contributed by atoms with Crippen LogP contribution in [0.15, 0.2) is 40.4 Å². The number of hydrogen-bond donors (Lipinski definition) is 0. The fourth-order valence-electron chi connectivity index (χ4n) is 1.36. The molecule has 0 aliphatic heterocycles. The van der Waals surface area contributed by atoms with E-state index in [0.29, 0.717) is 0 Å². The minimum absolute atomic E-state index is 0.0938. The number of aryl methyl sites for hydroxylation is 2. The van der Waals surface area contributed by atoms with Gasteiger partial charge in [-0.15, -0.1) is 5.10 Å². The van der Waals surface area contributed by atoms with E-state index >= 15 is 0 Å². The lowest BCUT2D eigenvalue weighted by Crippen LogP contribution is -2.08. The zero-order valence-electron chi connectivity index (χ0n) is 8.95. The van der Waals surface area contributed by atoms with Crippen LogP contribution in [0.4, 0.5) is 0 Å². The quantitative estimate of drug-likeness (QED) is 0.780. The molecule has 0 saturated heterocycles. The Morgan fingerprint density at radius 1 is 1.19 bits per heavy atom. The second-order valence-electron chi connectivity index (χ2n) is 3.51. The lowest BCUT2D eigenvalue weighted by Gasteiger charge is -2.03. The van der Waals surface area contributed by atoms with Crippen LogP contribution in [0.5, 0.6) is 0 Å². The summed E-state index contributed by atoms with van der Waals surface area (Å²) in [5.74, 6) is 0. The molecule has 0 aliphatic rings. The van der Waals surface area contributed by atoms with Gasteiger partial charge >= 0.3 is 0 Å². The number of hydrogen-bond acceptors (Lipinski definition) is 4. The van der Waals surface area contributed by atoms with Gasteiger partial charge in [-0.1, -0.05) is 22.9 Å². The maximum absolute atomic E-state index is 12.1. The van der Waals surface area contributed by atoms with E-state index < -0.39 is 9.84 Å². The highest BCUT2D eigenvalue weighted by atomic mass is 32.2. The highest BCUT2D eigenvalue weighted by molar-refractivity contribution is 7.91. The van der Waals surface area contributed by atoms with Gasteiger partial charge in [-0.2, -0.15) is 0 Å². The summed E-state index contributed by atoms with van der Waals surface area (Å²) < 4.78 is 25.5. The second-order valence-corrected chi connectivity index (χ2v) is 5.41. The highest BCUT2D eigenvalue weighted by Gasteiger charge is 2.21. The number of sulfone groups is 1. The molecule has 1 aromatic heterocycles. The van der Waals surface area contributed by atoms with Crippen molar-refractivity contribution in [3.63, 3.8) is 0 Å². The Morgan fingerprint density at radius 3 is 2.31 bits per heavy atom. The molecule has 6 heteroatoms. The van der Waals surface area contributed by atoms with E-state index in [9.17, 15) is 8.42 Å². The SMILES string of the molecule is Cc1ccc(S(=O)(=O)c2cnnn2C)cc1. The fraction of sp³-hybridized carbons (Fsp3) is 0.200. The van der Waals surface area contributed by atoms with Crippen molar-refractivity contribution < 1.29 is 8.42 Å². The van der Waals surface area contributed by atoms with Gasteiger partial charge < -0.3 is 0 Å². The van der Waals surface area contributed by atoms with Gasteiger partial charge in [-0.05, 0) is 19.1 Å². The average molecular weight is 237 g/mol. The summed E-state index contributed by atoms with van der Waals surface area (Å²) in [6.07, 6.45) is 1.25. The van der Waals surface area contributed by atoms with Gasteiger partial charge in [0.05, 0.1) is 11.1 Å². The van der Waals surface area contributed by atoms with E-state index in [1.54, 1.807) is 31.3 Å². The van der Waals surface area contributed by atoms with Gasteiger partial charge in [0.15, 0.2) is 5.03 Å². The zero-order valence-corrected chi connectivity index (χ0v) is 9.77. The zero-order chi connectivity index (χ0) is 11.8. The van der Waals surface area contributed by atoms with Crippen LogP contribution < -0.4 is 0 Å². The van der Waals surface area contributed by atoms with Crippen LogP contribution in [0.1, 0.15) is 5.56 Å². The van der Waals surface area contributed by atoms with Crippen molar-refractivity contribution in [1.82, 2.24) is 15.0 Å². The minimum atomic E-state index is -3.51. The van der Waals surface area contributed by atoms with Gasteiger partial charge in [0.25, 0.3) is 0 Å². The fourth-order valence-corrected chi connectivity index (χ4v) is 2.67. The van der Waals surface area contributed by atoms with Crippen molar-refractivity contribution in [2.45, 2.75) is 16.8 Å². The van der Waals surface area contributed by atoms with Gasteiger partial charge in [0.2, 0.25) is 9.84 Å². The molecule has 5 nitrogen and oxygen atoms in total. The molecule has 1 aromatic carbocycles. The van der Waals surface area contributed by atoms with E-state index in [1.807, 2.05) is 6.92 Å². The third-order valence-electron chi connectivity index (χ3n) is 2.28. The molecule has 0 amide bonds. The Kier molecular flexibility index (Phi) is 2.51. The van der Waals surface area contributed by atoms with Gasteiger partial charge in [0.1, 0.15) is 0 Å². The summed E-state index contributed by atoms with van der Waals surface area (Å²) in [5, 5.41) is 7.27. The Bertz CT molecular complexity index is 599. The molecule has 0 spiro atoms. The van der Waals surface area contributed by atoms with Crippen LogP contribution in [-0.2, 0) is 16.9 Å². The summed E-state index contributed by atoms with van der Waals surface area (Å²) in [5.41, 5.74) is 1.02. The van der Waals surface area contributed by atoms with Crippen molar-refractivity contribution in [3.05, 3.63) is 36.0 Å². The summed E-state index contributed by atoms with van der Waals surface area (Å²) in [4.78, 5) is 0.253. The smallest absolute Gasteiger partial charge is 0.225 e. The summed E-state index contributed by atoms with van der Waals surface area (Å²) in [6, 6.07) is 6.68. The van der Waals surface area contributed by atoms with Crippen molar-refractivity contribution in [2.24, 2.45) is 7.05 Å². The van der Waals surface area contributed by atoms with E-state index in [4.69, 9.17) is 0 Å². The van der Waals surface area contributed by atoms with Crippen molar-refractivity contribution in [2.75, 3.05) is 0 Å². The summed E-state index contributed by atoms with van der Waals surface area (Å²) in [7, 11) is -1.96. The summed E-state index contributed by atoms with van der Waals surface area (Å²) in [6.45, 7) is 1.90. The standard InChI is InChI=1S/C10H11N3O2S/c1-8-3-5-9(6-4-8)16(14,15)10-7-11-12-13(10)2/h3-7H,1-2H3. The lowest BCUT2D eigenvalue weighted by atomic mass is 10.2. The molecule has 0 saturated carbocycles. The third-order valence-corrected chi connectivity index (χ3v) is 4.09. The first-order valence-electron chi connectivity index (χ1n) is 4.68. The molecule has 2 rings (SSSR count). The molecule has 0 fully saturated rings. The second kappa shape index (κ2) is 3.71. The van der Waals surface area contributed by atoms with Crippen LogP contribution in [0.3, 0.4) is 0 Å². The van der Waals surface area contributed by atoms with Crippen LogP contribution >= 0.6 is 0 Å². The average Bonchev–Trinajstić information content (AvgIpc) is 2.66. The minimum Gasteiger partial charge on any atom is -0.237 e. The molecule has 0 atom stereocenters. The number of rotatable bonds is 2. The largest absolute Gasteiger partial charge is 0.237 e. The molecule has 84 valence electrons. The lowest BCUT2D eigenvalue weighted by molar-refractivity contribution is 0.574. The van der Waals surface area contributed by atoms with E-state index in [2.05, 4.69) is 10.3 Å². The Morgan fingerprint density at radius 2 is 1.81 bits per heavy atom. The first kappa shape index (κ1) is 10.8. The molecule has 1 heterocycles. The molecule has 2 aromatic rings. The van der Waals surface area contributed by atoms with Gasteiger partial charge in [-0.25, -0.2) is 13.1 Å². The summed E-state index contributed by atoms with van der Waals surface area (Å²) >= 11 is 0. The molecular formula is C10H11N3O2S. The van der Waals surface area contributed by atoms with Gasteiger partial charge in [0, 0.05) is 7.05 Å². The van der Waals surface area contributed by atoms with Crippen LogP contribution in [0.2, 0.25) is 0 Å². The van der Waals surface area contributed by atoms with E-state index in [0.717, 1.165) is 5.56 Å². The Labute approximate surface area is 93.6 Å². The molecule has 0 aliphatic carbocycles. The monoisotopic (exact) mass is 237 g/mol. The topological polar surface area (TPSA) is 64.8 Å². The van der Waals surface area contributed by atoms with Crippen LogP contribution in [0, 0.1) is 6.92 Å². The van der Waals surface area contributed by atoms with Crippen LogP contribution in [-0.4, -0.2) is 23.4 Å². The maximum atomic E-state index is 12.1. The predicted molar refractivity (Wildman–Crippen MR) is 57.6 cm³/mol. The van der Waals surface area contributed by atoms with Crippen molar-refractivity contribution in [3.8, 4) is 0 Å². The van der Waals surface area contributed by atoms with E-state index in [1.165, 1.54) is 10.9 Å². The van der Waals surface area contributed by atoms with Crippen molar-refractivity contribution in [1.29, 1.82) is 0 Å². The molecule has 0 radical (unpaired) electrons. The Hall–Kier alpha value is -1.69. The number of benzene rings is 1. The normalized spacial score (nSPS) is 11.6. The molecule has 0 unspecified atom stereocenters. The molecular weight excluding hydrogens is 226 g/mol. The highest BCUT2D eigenvalue weighted by Crippen LogP contribution is 2.19. The number of aromatic nitrogens is 3. The third kappa shape index (κ3) is 1.71.